The van der Waals surface area contributed by atoms with Gasteiger partial charge in [-0.2, -0.15) is 0 Å². The van der Waals surface area contributed by atoms with Crippen LogP contribution < -0.4 is 14.8 Å². The van der Waals surface area contributed by atoms with E-state index < -0.39 is 0 Å². The Balaban J connectivity index is 1.80. The van der Waals surface area contributed by atoms with Crippen LogP contribution in [0.2, 0.25) is 0 Å². The number of para-hydroxylation sites is 1. The minimum Gasteiger partial charge on any atom is -0.493 e. The van der Waals surface area contributed by atoms with E-state index in [1.54, 1.807) is 31.4 Å². The molecule has 1 aromatic heterocycles. The molecular weight excluding hydrogens is 344 g/mol. The molecule has 140 valence electrons. The van der Waals surface area contributed by atoms with Gasteiger partial charge in [-0.3, -0.25) is 0 Å². The Kier molecular flexibility index (Phi) is 5.99. The van der Waals surface area contributed by atoms with Crippen molar-refractivity contribution < 1.29 is 18.7 Å². The van der Waals surface area contributed by atoms with Crippen molar-refractivity contribution in [2.45, 2.75) is 13.1 Å². The van der Waals surface area contributed by atoms with Crippen LogP contribution in [0.5, 0.6) is 11.5 Å². The fourth-order valence-corrected chi connectivity index (χ4v) is 2.71. The van der Waals surface area contributed by atoms with Crippen molar-refractivity contribution in [2.75, 3.05) is 19.5 Å². The highest BCUT2D eigenvalue weighted by molar-refractivity contribution is 5.89. The van der Waals surface area contributed by atoms with E-state index in [-0.39, 0.29) is 6.03 Å². The SMILES string of the molecule is COc1ccc(CN(Cc2ccco2)C(=O)Nc2ccccc2)cc1OC. The van der Waals surface area contributed by atoms with Crippen molar-refractivity contribution in [3.63, 3.8) is 0 Å². The van der Waals surface area contributed by atoms with Crippen LogP contribution in [0, 0.1) is 0 Å². The Labute approximate surface area is 158 Å². The molecule has 3 aromatic rings. The average molecular weight is 366 g/mol. The second-order valence-corrected chi connectivity index (χ2v) is 5.92. The fourth-order valence-electron chi connectivity index (χ4n) is 2.71. The van der Waals surface area contributed by atoms with Crippen LogP contribution in [0.25, 0.3) is 0 Å². The Morgan fingerprint density at radius 2 is 1.74 bits per heavy atom. The number of amides is 2. The number of benzene rings is 2. The summed E-state index contributed by atoms with van der Waals surface area (Å²) in [6, 6.07) is 18.4. The topological polar surface area (TPSA) is 63.9 Å². The maximum atomic E-state index is 12.8. The average Bonchev–Trinajstić information content (AvgIpc) is 3.21. The molecule has 0 aliphatic rings. The van der Waals surface area contributed by atoms with Gasteiger partial charge in [0.05, 0.1) is 27.0 Å². The maximum absolute atomic E-state index is 12.8. The molecule has 0 saturated heterocycles. The molecule has 0 atom stereocenters. The zero-order valence-electron chi connectivity index (χ0n) is 15.3. The maximum Gasteiger partial charge on any atom is 0.322 e. The van der Waals surface area contributed by atoms with Crippen LogP contribution >= 0.6 is 0 Å². The van der Waals surface area contributed by atoms with Crippen molar-refractivity contribution in [2.24, 2.45) is 0 Å². The van der Waals surface area contributed by atoms with Gasteiger partial charge in [0.1, 0.15) is 5.76 Å². The van der Waals surface area contributed by atoms with Crippen LogP contribution in [0.3, 0.4) is 0 Å². The molecule has 0 aliphatic carbocycles. The van der Waals surface area contributed by atoms with Crippen molar-refractivity contribution in [3.8, 4) is 11.5 Å². The van der Waals surface area contributed by atoms with E-state index in [9.17, 15) is 4.79 Å². The zero-order chi connectivity index (χ0) is 19.1. The van der Waals surface area contributed by atoms with Crippen LogP contribution in [0.1, 0.15) is 11.3 Å². The number of nitrogens with one attached hydrogen (secondary N) is 1. The molecule has 1 heterocycles. The van der Waals surface area contributed by atoms with E-state index in [0.717, 1.165) is 11.3 Å². The second-order valence-electron chi connectivity index (χ2n) is 5.92. The third-order valence-electron chi connectivity index (χ3n) is 4.06. The minimum atomic E-state index is -0.215. The number of anilines is 1. The van der Waals surface area contributed by atoms with E-state index in [0.29, 0.717) is 30.3 Å². The number of carbonyl (C=O) groups is 1. The fraction of sp³-hybridized carbons (Fsp3) is 0.190. The molecule has 0 saturated carbocycles. The summed E-state index contributed by atoms with van der Waals surface area (Å²) < 4.78 is 16.0. The number of carbonyl (C=O) groups excluding carboxylic acids is 1. The van der Waals surface area contributed by atoms with E-state index in [1.165, 1.54) is 0 Å². The van der Waals surface area contributed by atoms with E-state index in [2.05, 4.69) is 5.32 Å². The van der Waals surface area contributed by atoms with Crippen LogP contribution in [-0.4, -0.2) is 25.2 Å². The van der Waals surface area contributed by atoms with Crippen molar-refractivity contribution in [1.82, 2.24) is 4.90 Å². The zero-order valence-corrected chi connectivity index (χ0v) is 15.3. The largest absolute Gasteiger partial charge is 0.493 e. The third kappa shape index (κ3) is 4.82. The van der Waals surface area contributed by atoms with Gasteiger partial charge in [-0.25, -0.2) is 4.79 Å². The molecule has 6 nitrogen and oxygen atoms in total. The summed E-state index contributed by atoms with van der Waals surface area (Å²) in [5.41, 5.74) is 1.65. The molecule has 0 fully saturated rings. The number of hydrogen-bond acceptors (Lipinski definition) is 4. The molecule has 3 rings (SSSR count). The summed E-state index contributed by atoms with van der Waals surface area (Å²) in [4.78, 5) is 14.5. The van der Waals surface area contributed by atoms with E-state index >= 15 is 0 Å². The molecule has 1 N–H and O–H groups in total. The number of furan rings is 1. The van der Waals surface area contributed by atoms with E-state index in [1.807, 2.05) is 54.6 Å². The summed E-state index contributed by atoms with van der Waals surface area (Å²) in [7, 11) is 3.18. The Morgan fingerprint density at radius 3 is 2.41 bits per heavy atom. The number of methoxy groups -OCH3 is 2. The normalized spacial score (nSPS) is 10.3. The lowest BCUT2D eigenvalue weighted by atomic mass is 10.2. The van der Waals surface area contributed by atoms with Gasteiger partial charge in [0.15, 0.2) is 11.5 Å². The molecule has 6 heteroatoms. The first-order valence-corrected chi connectivity index (χ1v) is 8.54. The highest BCUT2D eigenvalue weighted by Crippen LogP contribution is 2.28. The molecule has 0 bridgehead atoms. The van der Waals surface area contributed by atoms with Gasteiger partial charge in [-0.05, 0) is 42.0 Å². The van der Waals surface area contributed by atoms with Crippen LogP contribution in [0.15, 0.2) is 71.3 Å². The minimum absolute atomic E-state index is 0.215. The Hall–Kier alpha value is -3.41. The summed E-state index contributed by atoms with van der Waals surface area (Å²) >= 11 is 0. The van der Waals surface area contributed by atoms with Gasteiger partial charge in [-0.15, -0.1) is 0 Å². The number of rotatable bonds is 7. The summed E-state index contributed by atoms with van der Waals surface area (Å²) in [6.45, 7) is 0.736. The monoisotopic (exact) mass is 366 g/mol. The quantitative estimate of drug-likeness (QED) is 0.667. The molecule has 0 radical (unpaired) electrons. The third-order valence-corrected chi connectivity index (χ3v) is 4.06. The predicted octanol–water partition coefficient (Wildman–Crippen LogP) is 4.53. The summed E-state index contributed by atoms with van der Waals surface area (Å²) in [5, 5.41) is 2.92. The highest BCUT2D eigenvalue weighted by Gasteiger charge is 2.17. The van der Waals surface area contributed by atoms with Gasteiger partial charge in [0.25, 0.3) is 0 Å². The van der Waals surface area contributed by atoms with Crippen molar-refractivity contribution in [1.29, 1.82) is 0 Å². The first kappa shape index (κ1) is 18.4. The van der Waals surface area contributed by atoms with Crippen molar-refractivity contribution >= 4 is 11.7 Å². The summed E-state index contributed by atoms with van der Waals surface area (Å²) in [6.07, 6.45) is 1.60. The first-order valence-electron chi connectivity index (χ1n) is 8.54. The van der Waals surface area contributed by atoms with Crippen LogP contribution in [0.4, 0.5) is 10.5 Å². The molecule has 0 unspecified atom stereocenters. The smallest absolute Gasteiger partial charge is 0.322 e. The van der Waals surface area contributed by atoms with E-state index in [4.69, 9.17) is 13.9 Å². The van der Waals surface area contributed by atoms with Crippen LogP contribution in [-0.2, 0) is 13.1 Å². The lowest BCUT2D eigenvalue weighted by Gasteiger charge is -2.23. The van der Waals surface area contributed by atoms with Gasteiger partial charge in [0.2, 0.25) is 0 Å². The van der Waals surface area contributed by atoms with Gasteiger partial charge >= 0.3 is 6.03 Å². The molecule has 0 spiro atoms. The number of hydrogen-bond donors (Lipinski definition) is 1. The van der Waals surface area contributed by atoms with Crippen molar-refractivity contribution in [3.05, 3.63) is 78.3 Å². The summed E-state index contributed by atoms with van der Waals surface area (Å²) in [5.74, 6) is 1.97. The lowest BCUT2D eigenvalue weighted by molar-refractivity contribution is 0.201. The van der Waals surface area contributed by atoms with Gasteiger partial charge in [0, 0.05) is 12.2 Å². The molecule has 2 aromatic carbocycles. The number of urea groups is 1. The Bertz CT molecular complexity index is 863. The number of ether oxygens (including phenoxy) is 2. The predicted molar refractivity (Wildman–Crippen MR) is 103 cm³/mol. The lowest BCUT2D eigenvalue weighted by Crippen LogP contribution is -2.34. The van der Waals surface area contributed by atoms with Gasteiger partial charge in [-0.1, -0.05) is 24.3 Å². The molecule has 0 aliphatic heterocycles. The highest BCUT2D eigenvalue weighted by atomic mass is 16.5. The standard InChI is InChI=1S/C21H22N2O4/c1-25-19-11-10-16(13-20(19)26-2)14-23(15-18-9-6-12-27-18)21(24)22-17-7-4-3-5-8-17/h3-13H,14-15H2,1-2H3,(H,22,24). The molecule has 27 heavy (non-hydrogen) atoms. The first-order chi connectivity index (χ1) is 13.2. The van der Waals surface area contributed by atoms with Gasteiger partial charge < -0.3 is 24.1 Å². The Morgan fingerprint density at radius 1 is 0.963 bits per heavy atom. The molecular formula is C21H22N2O4. The second kappa shape index (κ2) is 8.80. The molecule has 2 amide bonds. The number of nitrogens with zero attached hydrogens (tertiary/aromatic N) is 1.